The molecule has 170 valence electrons. The number of rotatable bonds is 6. The molecular weight excluding hydrogens is 444 g/mol. The Morgan fingerprint density at radius 3 is 2.18 bits per heavy atom. The molecule has 0 saturated heterocycles. The molecule has 0 spiro atoms. The number of carbonyl (C=O) groups excluding carboxylic acids is 1. The molecule has 0 aliphatic heterocycles. The first kappa shape index (κ1) is 22.0. The number of esters is 1. The Kier molecular flexibility index (Phi) is 5.99. The Morgan fingerprint density at radius 2 is 1.56 bits per heavy atom. The van der Waals surface area contributed by atoms with Crippen molar-refractivity contribution in [2.75, 3.05) is 0 Å². The molecule has 0 fully saturated rings. The fourth-order valence-corrected chi connectivity index (χ4v) is 4.90. The van der Waals surface area contributed by atoms with Crippen molar-refractivity contribution in [3.05, 3.63) is 99.7 Å². The maximum atomic E-state index is 12.9. The molecule has 0 amide bonds. The lowest BCUT2D eigenvalue weighted by Crippen LogP contribution is -2.18. The SMILES string of the molecule is CC(C)c1ccc(-c2nc(COC(=O)Cn3c4ccccc4c(=O)c4ccccc43)cs2)cc1. The molecule has 5 nitrogen and oxygen atoms in total. The fourth-order valence-electron chi connectivity index (χ4n) is 4.09. The van der Waals surface area contributed by atoms with Gasteiger partial charge in [-0.15, -0.1) is 11.3 Å². The van der Waals surface area contributed by atoms with Gasteiger partial charge >= 0.3 is 5.97 Å². The van der Waals surface area contributed by atoms with Crippen molar-refractivity contribution in [3.8, 4) is 10.6 Å². The molecule has 0 saturated carbocycles. The standard InChI is InChI=1S/C28H24N2O3S/c1-18(2)19-11-13-20(14-12-19)28-29-21(17-34-28)16-33-26(31)15-30-24-9-5-3-7-22(24)27(32)23-8-4-6-10-25(23)30/h3-14,17-18H,15-16H2,1-2H3. The highest BCUT2D eigenvalue weighted by atomic mass is 32.1. The first-order valence-corrected chi connectivity index (χ1v) is 12.1. The molecule has 0 N–H and O–H groups in total. The van der Waals surface area contributed by atoms with Crippen LogP contribution in [0.5, 0.6) is 0 Å². The van der Waals surface area contributed by atoms with Gasteiger partial charge in [-0.1, -0.05) is 62.4 Å². The average molecular weight is 469 g/mol. The van der Waals surface area contributed by atoms with Crippen LogP contribution in [0.3, 0.4) is 0 Å². The van der Waals surface area contributed by atoms with Gasteiger partial charge in [-0.3, -0.25) is 9.59 Å². The smallest absolute Gasteiger partial charge is 0.326 e. The minimum atomic E-state index is -0.380. The molecule has 0 radical (unpaired) electrons. The third-order valence-corrected chi connectivity index (χ3v) is 6.86. The van der Waals surface area contributed by atoms with E-state index in [0.29, 0.717) is 27.7 Å². The van der Waals surface area contributed by atoms with Gasteiger partial charge in [0.05, 0.1) is 16.7 Å². The topological polar surface area (TPSA) is 61.2 Å². The minimum Gasteiger partial charge on any atom is -0.458 e. The lowest BCUT2D eigenvalue weighted by molar-refractivity contribution is -0.145. The van der Waals surface area contributed by atoms with Crippen LogP contribution in [0.15, 0.2) is 83.0 Å². The number of hydrogen-bond acceptors (Lipinski definition) is 5. The molecule has 6 heteroatoms. The number of thiazole rings is 1. The number of ether oxygens (including phenoxy) is 1. The van der Waals surface area contributed by atoms with Gasteiger partial charge in [0.15, 0.2) is 5.43 Å². The number of hydrogen-bond donors (Lipinski definition) is 0. The third kappa shape index (κ3) is 4.24. The monoisotopic (exact) mass is 468 g/mol. The largest absolute Gasteiger partial charge is 0.458 e. The van der Waals surface area contributed by atoms with Gasteiger partial charge in [0.25, 0.3) is 0 Å². The van der Waals surface area contributed by atoms with Gasteiger partial charge in [0.2, 0.25) is 0 Å². The highest BCUT2D eigenvalue weighted by Crippen LogP contribution is 2.26. The Balaban J connectivity index is 1.34. The van der Waals surface area contributed by atoms with Crippen molar-refractivity contribution in [1.29, 1.82) is 0 Å². The molecule has 0 bridgehead atoms. The Hall–Kier alpha value is -3.77. The molecule has 3 aromatic carbocycles. The summed E-state index contributed by atoms with van der Waals surface area (Å²) >= 11 is 1.54. The normalized spacial score (nSPS) is 11.4. The summed E-state index contributed by atoms with van der Waals surface area (Å²) in [5, 5.41) is 3.99. The van der Waals surface area contributed by atoms with Crippen LogP contribution in [0.2, 0.25) is 0 Å². The zero-order valence-electron chi connectivity index (χ0n) is 19.0. The zero-order chi connectivity index (χ0) is 23.7. The van der Waals surface area contributed by atoms with E-state index in [9.17, 15) is 9.59 Å². The molecule has 5 aromatic rings. The molecular formula is C28H24N2O3S. The summed E-state index contributed by atoms with van der Waals surface area (Å²) in [5.41, 5.74) is 4.45. The number of carbonyl (C=O) groups is 1. The minimum absolute atomic E-state index is 0.00889. The second-order valence-corrected chi connectivity index (χ2v) is 9.39. The Bertz CT molecular complexity index is 1490. The van der Waals surface area contributed by atoms with Crippen molar-refractivity contribution in [2.24, 2.45) is 0 Å². The maximum Gasteiger partial charge on any atom is 0.326 e. The van der Waals surface area contributed by atoms with E-state index < -0.39 is 0 Å². The van der Waals surface area contributed by atoms with Crippen LogP contribution >= 0.6 is 11.3 Å². The van der Waals surface area contributed by atoms with Gasteiger partial charge in [0, 0.05) is 21.7 Å². The number of pyridine rings is 1. The maximum absolute atomic E-state index is 12.9. The number of aromatic nitrogens is 2. The van der Waals surface area contributed by atoms with E-state index in [1.807, 2.05) is 46.3 Å². The van der Waals surface area contributed by atoms with Crippen molar-refractivity contribution in [3.63, 3.8) is 0 Å². The van der Waals surface area contributed by atoms with Crippen LogP contribution in [-0.2, 0) is 22.7 Å². The summed E-state index contributed by atoms with van der Waals surface area (Å²) in [6.07, 6.45) is 0. The molecule has 34 heavy (non-hydrogen) atoms. The van der Waals surface area contributed by atoms with Gasteiger partial charge in [-0.25, -0.2) is 4.98 Å². The summed E-state index contributed by atoms with van der Waals surface area (Å²) in [5.74, 6) is 0.104. The zero-order valence-corrected chi connectivity index (χ0v) is 19.8. The highest BCUT2D eigenvalue weighted by molar-refractivity contribution is 7.13. The summed E-state index contributed by atoms with van der Waals surface area (Å²) in [6, 6.07) is 23.1. The predicted octanol–water partition coefficient (Wildman–Crippen LogP) is 6.15. The van der Waals surface area contributed by atoms with E-state index in [0.717, 1.165) is 16.3 Å². The first-order valence-electron chi connectivity index (χ1n) is 11.2. The lowest BCUT2D eigenvalue weighted by atomic mass is 10.0. The second kappa shape index (κ2) is 9.23. The van der Waals surface area contributed by atoms with Gasteiger partial charge < -0.3 is 9.30 Å². The molecule has 0 unspecified atom stereocenters. The van der Waals surface area contributed by atoms with E-state index in [-0.39, 0.29) is 24.5 Å². The highest BCUT2D eigenvalue weighted by Gasteiger charge is 2.14. The van der Waals surface area contributed by atoms with Crippen molar-refractivity contribution >= 4 is 39.1 Å². The molecule has 0 aliphatic carbocycles. The van der Waals surface area contributed by atoms with E-state index >= 15 is 0 Å². The summed E-state index contributed by atoms with van der Waals surface area (Å²) < 4.78 is 7.41. The molecule has 5 rings (SSSR count). The van der Waals surface area contributed by atoms with Crippen LogP contribution in [0.1, 0.15) is 31.0 Å². The Morgan fingerprint density at radius 1 is 0.941 bits per heavy atom. The summed E-state index contributed by atoms with van der Waals surface area (Å²) in [7, 11) is 0. The Labute approximate surface area is 201 Å². The molecule has 0 aliphatic rings. The van der Waals surface area contributed by atoms with Crippen LogP contribution in [0, 0.1) is 0 Å². The van der Waals surface area contributed by atoms with Gasteiger partial charge in [0.1, 0.15) is 18.2 Å². The van der Waals surface area contributed by atoms with Crippen molar-refractivity contribution in [2.45, 2.75) is 32.9 Å². The average Bonchev–Trinajstić information content (AvgIpc) is 3.34. The van der Waals surface area contributed by atoms with Gasteiger partial charge in [-0.2, -0.15) is 0 Å². The van der Waals surface area contributed by atoms with Crippen LogP contribution < -0.4 is 5.43 Å². The number of nitrogens with zero attached hydrogens (tertiary/aromatic N) is 2. The van der Waals surface area contributed by atoms with Crippen LogP contribution in [0.4, 0.5) is 0 Å². The second-order valence-electron chi connectivity index (χ2n) is 8.53. The van der Waals surface area contributed by atoms with E-state index in [2.05, 4.69) is 43.1 Å². The van der Waals surface area contributed by atoms with Crippen LogP contribution in [0.25, 0.3) is 32.4 Å². The summed E-state index contributed by atoms with van der Waals surface area (Å²) in [6.45, 7) is 4.46. The third-order valence-electron chi connectivity index (χ3n) is 5.92. The lowest BCUT2D eigenvalue weighted by Gasteiger charge is -2.14. The van der Waals surface area contributed by atoms with Crippen LogP contribution in [-0.4, -0.2) is 15.5 Å². The molecule has 2 aromatic heterocycles. The predicted molar refractivity (Wildman–Crippen MR) is 137 cm³/mol. The van der Waals surface area contributed by atoms with Gasteiger partial charge in [-0.05, 0) is 35.7 Å². The van der Waals surface area contributed by atoms with E-state index in [4.69, 9.17) is 4.74 Å². The van der Waals surface area contributed by atoms with E-state index in [1.54, 1.807) is 12.1 Å². The number of fused-ring (bicyclic) bond motifs is 2. The van der Waals surface area contributed by atoms with E-state index in [1.165, 1.54) is 16.9 Å². The quantitative estimate of drug-likeness (QED) is 0.222. The van der Waals surface area contributed by atoms with Crippen molar-refractivity contribution < 1.29 is 9.53 Å². The number of para-hydroxylation sites is 2. The fraction of sp³-hybridized carbons (Fsp3) is 0.179. The first-order chi connectivity index (χ1) is 16.5. The number of benzene rings is 3. The van der Waals surface area contributed by atoms with Crippen molar-refractivity contribution in [1.82, 2.24) is 9.55 Å². The summed E-state index contributed by atoms with van der Waals surface area (Å²) in [4.78, 5) is 30.3. The molecule has 2 heterocycles. The molecule has 0 atom stereocenters.